The Bertz CT molecular complexity index is 652. The first-order valence-corrected chi connectivity index (χ1v) is 7.13. The number of hydrogen-bond acceptors (Lipinski definition) is 3. The number of aromatic carboxylic acids is 1. The van der Waals surface area contributed by atoms with Gasteiger partial charge in [-0.1, -0.05) is 42.3 Å². The molecule has 0 radical (unpaired) electrons. The largest absolute Gasteiger partial charge is 0.477 e. The van der Waals surface area contributed by atoms with Crippen molar-refractivity contribution in [1.82, 2.24) is 0 Å². The molecule has 3 nitrogen and oxygen atoms in total. The minimum atomic E-state index is -1.03. The summed E-state index contributed by atoms with van der Waals surface area (Å²) in [4.78, 5) is 12.1. The van der Waals surface area contributed by atoms with E-state index in [2.05, 4.69) is 0 Å². The zero-order chi connectivity index (χ0) is 14.2. The Morgan fingerprint density at radius 1 is 1.42 bits per heavy atom. The summed E-state index contributed by atoms with van der Waals surface area (Å²) >= 11 is 13.3. The first kappa shape index (κ1) is 14.2. The van der Waals surface area contributed by atoms with E-state index in [0.29, 0.717) is 22.2 Å². The molecule has 2 rings (SSSR count). The van der Waals surface area contributed by atoms with Gasteiger partial charge in [0, 0.05) is 10.4 Å². The van der Waals surface area contributed by atoms with E-state index in [1.807, 2.05) is 13.0 Å². The average Bonchev–Trinajstić information content (AvgIpc) is 2.69. The van der Waals surface area contributed by atoms with Crippen molar-refractivity contribution < 1.29 is 9.90 Å². The number of anilines is 1. The molecule has 0 aliphatic rings. The average molecular weight is 316 g/mol. The summed E-state index contributed by atoms with van der Waals surface area (Å²) < 4.78 is 0. The second kappa shape index (κ2) is 5.41. The molecule has 0 aliphatic heterocycles. The van der Waals surface area contributed by atoms with Crippen molar-refractivity contribution in [2.24, 2.45) is 0 Å². The number of benzene rings is 1. The maximum absolute atomic E-state index is 11.2. The van der Waals surface area contributed by atoms with Gasteiger partial charge in [-0.3, -0.25) is 0 Å². The second-order valence-corrected chi connectivity index (χ2v) is 5.72. The van der Waals surface area contributed by atoms with Crippen LogP contribution >= 0.6 is 34.5 Å². The van der Waals surface area contributed by atoms with Crippen molar-refractivity contribution in [3.8, 4) is 10.4 Å². The summed E-state index contributed by atoms with van der Waals surface area (Å²) in [5.74, 6) is -1.03. The van der Waals surface area contributed by atoms with Crippen molar-refractivity contribution in [2.75, 3.05) is 5.73 Å². The molecule has 2 aromatic rings. The van der Waals surface area contributed by atoms with E-state index in [1.54, 1.807) is 12.1 Å². The first-order valence-electron chi connectivity index (χ1n) is 5.56. The summed E-state index contributed by atoms with van der Waals surface area (Å²) in [6.07, 6.45) is 0.633. The lowest BCUT2D eigenvalue weighted by Crippen LogP contribution is -1.99. The molecular formula is C13H11Cl2NO2S. The highest BCUT2D eigenvalue weighted by Crippen LogP contribution is 2.43. The van der Waals surface area contributed by atoms with Crippen molar-refractivity contribution in [1.29, 1.82) is 0 Å². The predicted molar refractivity (Wildman–Crippen MR) is 80.5 cm³/mol. The molecule has 0 fully saturated rings. The lowest BCUT2D eigenvalue weighted by molar-refractivity contribution is 0.0703. The molecule has 0 amide bonds. The molecule has 0 unspecified atom stereocenters. The molecule has 0 aliphatic carbocycles. The SMILES string of the molecule is CCc1c(-c2cccc(Cl)c2Cl)sc(C(=O)O)c1N. The minimum Gasteiger partial charge on any atom is -0.477 e. The van der Waals surface area contributed by atoms with Crippen LogP contribution in [-0.2, 0) is 6.42 Å². The lowest BCUT2D eigenvalue weighted by Gasteiger charge is -2.06. The van der Waals surface area contributed by atoms with Crippen LogP contribution in [0.15, 0.2) is 18.2 Å². The van der Waals surface area contributed by atoms with Crippen LogP contribution in [0.2, 0.25) is 10.0 Å². The maximum Gasteiger partial charge on any atom is 0.348 e. The third-order valence-electron chi connectivity index (χ3n) is 2.79. The Balaban J connectivity index is 2.72. The minimum absolute atomic E-state index is 0.142. The van der Waals surface area contributed by atoms with Gasteiger partial charge in [0.15, 0.2) is 0 Å². The molecule has 0 bridgehead atoms. The van der Waals surface area contributed by atoms with Crippen molar-refractivity contribution in [3.05, 3.63) is 38.7 Å². The number of nitrogen functional groups attached to an aromatic ring is 1. The van der Waals surface area contributed by atoms with Crippen LogP contribution in [0.5, 0.6) is 0 Å². The number of hydrogen-bond donors (Lipinski definition) is 2. The monoisotopic (exact) mass is 315 g/mol. The van der Waals surface area contributed by atoms with E-state index in [0.717, 1.165) is 27.3 Å². The standard InChI is InChI=1S/C13H11Cl2NO2S/c1-2-6-10(16)12(13(17)18)19-11(6)7-4-3-5-8(14)9(7)15/h3-5H,2,16H2,1H3,(H,17,18). The fourth-order valence-corrected chi connectivity index (χ4v) is 3.52. The molecule has 3 N–H and O–H groups in total. The van der Waals surface area contributed by atoms with E-state index in [9.17, 15) is 4.79 Å². The fraction of sp³-hybridized carbons (Fsp3) is 0.154. The molecule has 19 heavy (non-hydrogen) atoms. The van der Waals surface area contributed by atoms with E-state index in [4.69, 9.17) is 34.0 Å². The van der Waals surface area contributed by atoms with E-state index in [1.165, 1.54) is 0 Å². The Kier molecular flexibility index (Phi) is 4.04. The van der Waals surface area contributed by atoms with Gasteiger partial charge in [-0.25, -0.2) is 4.79 Å². The second-order valence-electron chi connectivity index (χ2n) is 3.91. The molecule has 1 aromatic carbocycles. The molecule has 1 heterocycles. The number of carboxylic acids is 1. The summed E-state index contributed by atoms with van der Waals surface area (Å²) in [6.45, 7) is 1.92. The van der Waals surface area contributed by atoms with E-state index >= 15 is 0 Å². The zero-order valence-corrected chi connectivity index (χ0v) is 12.4. The van der Waals surface area contributed by atoms with Crippen molar-refractivity contribution in [3.63, 3.8) is 0 Å². The van der Waals surface area contributed by atoms with Crippen LogP contribution < -0.4 is 5.73 Å². The highest BCUT2D eigenvalue weighted by Gasteiger charge is 2.22. The number of thiophene rings is 1. The quantitative estimate of drug-likeness (QED) is 0.872. The smallest absolute Gasteiger partial charge is 0.348 e. The summed E-state index contributed by atoms with van der Waals surface area (Å²) in [6, 6.07) is 5.28. The first-order chi connectivity index (χ1) is 8.97. The van der Waals surface area contributed by atoms with E-state index in [-0.39, 0.29) is 4.88 Å². The number of rotatable bonds is 3. The Morgan fingerprint density at radius 3 is 2.68 bits per heavy atom. The highest BCUT2D eigenvalue weighted by molar-refractivity contribution is 7.18. The van der Waals surface area contributed by atoms with Gasteiger partial charge in [0.2, 0.25) is 0 Å². The lowest BCUT2D eigenvalue weighted by atomic mass is 10.1. The highest BCUT2D eigenvalue weighted by atomic mass is 35.5. The van der Waals surface area contributed by atoms with Gasteiger partial charge in [0.05, 0.1) is 15.7 Å². The number of nitrogens with two attached hydrogens (primary N) is 1. The molecule has 0 saturated carbocycles. The Hall–Kier alpha value is -1.23. The van der Waals surface area contributed by atoms with Crippen LogP contribution in [0.4, 0.5) is 5.69 Å². The Labute approximate surface area is 124 Å². The van der Waals surface area contributed by atoms with Gasteiger partial charge in [-0.2, -0.15) is 0 Å². The molecule has 0 saturated heterocycles. The maximum atomic E-state index is 11.2. The number of carboxylic acid groups (broad SMARTS) is 1. The van der Waals surface area contributed by atoms with Gasteiger partial charge < -0.3 is 10.8 Å². The van der Waals surface area contributed by atoms with Crippen LogP contribution in [-0.4, -0.2) is 11.1 Å². The van der Waals surface area contributed by atoms with Gasteiger partial charge in [0.25, 0.3) is 0 Å². The predicted octanol–water partition coefficient (Wildman–Crippen LogP) is 4.56. The van der Waals surface area contributed by atoms with Gasteiger partial charge >= 0.3 is 5.97 Å². The van der Waals surface area contributed by atoms with Crippen molar-refractivity contribution in [2.45, 2.75) is 13.3 Å². The fourth-order valence-electron chi connectivity index (χ4n) is 1.88. The topological polar surface area (TPSA) is 63.3 Å². The van der Waals surface area contributed by atoms with Crippen molar-refractivity contribution >= 4 is 46.2 Å². The van der Waals surface area contributed by atoms with Gasteiger partial charge in [-0.15, -0.1) is 11.3 Å². The molecule has 6 heteroatoms. The molecule has 0 atom stereocenters. The third-order valence-corrected chi connectivity index (χ3v) is 4.88. The third kappa shape index (κ3) is 2.43. The molecule has 1 aromatic heterocycles. The number of halogens is 2. The van der Waals surface area contributed by atoms with Crippen LogP contribution in [0.3, 0.4) is 0 Å². The Morgan fingerprint density at radius 2 is 2.11 bits per heavy atom. The van der Waals surface area contributed by atoms with E-state index < -0.39 is 5.97 Å². The van der Waals surface area contributed by atoms with Crippen LogP contribution in [0, 0.1) is 0 Å². The normalized spacial score (nSPS) is 10.7. The summed E-state index contributed by atoms with van der Waals surface area (Å²) in [5.41, 5.74) is 7.72. The molecule has 100 valence electrons. The van der Waals surface area contributed by atoms with Crippen LogP contribution in [0.1, 0.15) is 22.2 Å². The summed E-state index contributed by atoms with van der Waals surface area (Å²) in [5, 5.41) is 9.99. The number of carbonyl (C=O) groups is 1. The van der Waals surface area contributed by atoms with Gasteiger partial charge in [0.1, 0.15) is 4.88 Å². The van der Waals surface area contributed by atoms with Gasteiger partial charge in [-0.05, 0) is 18.1 Å². The van der Waals surface area contributed by atoms with Crippen LogP contribution in [0.25, 0.3) is 10.4 Å². The molecule has 0 spiro atoms. The molecular weight excluding hydrogens is 305 g/mol. The zero-order valence-electron chi connectivity index (χ0n) is 10.0. The summed E-state index contributed by atoms with van der Waals surface area (Å²) in [7, 11) is 0.